The first-order valence-electron chi connectivity index (χ1n) is 5.11. The van der Waals surface area contributed by atoms with E-state index in [9.17, 15) is 4.79 Å². The van der Waals surface area contributed by atoms with Crippen LogP contribution in [-0.2, 0) is 4.79 Å². The first-order chi connectivity index (χ1) is 6.77. The molecule has 0 saturated carbocycles. The van der Waals surface area contributed by atoms with Gasteiger partial charge >= 0.3 is 0 Å². The van der Waals surface area contributed by atoms with Gasteiger partial charge in [-0.15, -0.1) is 0 Å². The van der Waals surface area contributed by atoms with Gasteiger partial charge in [-0.25, -0.2) is 0 Å². The van der Waals surface area contributed by atoms with Gasteiger partial charge in [-0.05, 0) is 6.92 Å². The third-order valence-corrected chi connectivity index (χ3v) is 2.28. The van der Waals surface area contributed by atoms with Crippen LogP contribution >= 0.6 is 0 Å². The zero-order valence-corrected chi connectivity index (χ0v) is 8.95. The largest absolute Gasteiger partial charge is 0.345 e. The maximum absolute atomic E-state index is 11.2. The second-order valence-corrected chi connectivity index (χ2v) is 3.20. The zero-order valence-electron chi connectivity index (χ0n) is 8.95. The molecule has 0 saturated heterocycles. The van der Waals surface area contributed by atoms with Gasteiger partial charge in [0.25, 0.3) is 0 Å². The highest BCUT2D eigenvalue weighted by Gasteiger charge is 2.24. The fourth-order valence-electron chi connectivity index (χ4n) is 1.56. The van der Waals surface area contributed by atoms with E-state index >= 15 is 0 Å². The number of hydrogen-bond acceptors (Lipinski definition) is 1. The Morgan fingerprint density at radius 1 is 1.21 bits per heavy atom. The molecule has 2 nitrogen and oxygen atoms in total. The van der Waals surface area contributed by atoms with Crippen LogP contribution in [0.4, 0.5) is 0 Å². The van der Waals surface area contributed by atoms with Crippen molar-refractivity contribution in [2.75, 3.05) is 0 Å². The van der Waals surface area contributed by atoms with Crippen molar-refractivity contribution in [1.29, 1.82) is 0 Å². The first kappa shape index (κ1) is 10.8. The number of rotatable bonds is 0. The molecular weight excluding hydrogens is 174 g/mol. The Kier molecular flexibility index (Phi) is 3.69. The van der Waals surface area contributed by atoms with E-state index in [2.05, 4.69) is 11.4 Å². The van der Waals surface area contributed by atoms with E-state index in [0.29, 0.717) is 5.92 Å². The highest BCUT2D eigenvalue weighted by Crippen LogP contribution is 2.20. The van der Waals surface area contributed by atoms with Crippen LogP contribution in [0.5, 0.6) is 0 Å². The van der Waals surface area contributed by atoms with Gasteiger partial charge in [0, 0.05) is 11.5 Å². The van der Waals surface area contributed by atoms with Gasteiger partial charge in [0.1, 0.15) is 0 Å². The van der Waals surface area contributed by atoms with Gasteiger partial charge in [-0.1, -0.05) is 44.2 Å². The number of amides is 1. The molecule has 14 heavy (non-hydrogen) atoms. The van der Waals surface area contributed by atoms with Crippen LogP contribution in [0.15, 0.2) is 36.0 Å². The minimum absolute atomic E-state index is 0.0520. The lowest BCUT2D eigenvalue weighted by atomic mass is 9.90. The molecule has 0 spiro atoms. The molecule has 1 amide bonds. The molecule has 0 bridgehead atoms. The standard InChI is InChI=1S/C10H11NO.C2H6/c1-7-6-8-4-2-3-5-9(8)11-10(7)12;1-2/h2-6,8-9H,1H3,(H,11,12);1-2H3. The summed E-state index contributed by atoms with van der Waals surface area (Å²) < 4.78 is 0. The van der Waals surface area contributed by atoms with Crippen LogP contribution in [0.2, 0.25) is 0 Å². The van der Waals surface area contributed by atoms with Crippen molar-refractivity contribution in [1.82, 2.24) is 5.32 Å². The predicted molar refractivity (Wildman–Crippen MR) is 58.8 cm³/mol. The molecule has 2 atom stereocenters. The minimum Gasteiger partial charge on any atom is -0.345 e. The lowest BCUT2D eigenvalue weighted by molar-refractivity contribution is -0.118. The van der Waals surface area contributed by atoms with E-state index in [1.54, 1.807) is 0 Å². The molecule has 2 heteroatoms. The molecule has 0 aromatic carbocycles. The molecule has 1 N–H and O–H groups in total. The molecule has 0 fully saturated rings. The summed E-state index contributed by atoms with van der Waals surface area (Å²) in [6, 6.07) is 0.172. The Morgan fingerprint density at radius 2 is 1.86 bits per heavy atom. The van der Waals surface area contributed by atoms with E-state index in [4.69, 9.17) is 0 Å². The van der Waals surface area contributed by atoms with Crippen molar-refractivity contribution >= 4 is 5.91 Å². The zero-order chi connectivity index (χ0) is 10.6. The first-order valence-corrected chi connectivity index (χ1v) is 5.11. The Labute approximate surface area is 85.4 Å². The Balaban J connectivity index is 0.000000461. The van der Waals surface area contributed by atoms with E-state index in [1.807, 2.05) is 45.1 Å². The smallest absolute Gasteiger partial charge is 0.247 e. The predicted octanol–water partition coefficient (Wildman–Crippen LogP) is 2.20. The summed E-state index contributed by atoms with van der Waals surface area (Å²) in [5.41, 5.74) is 0.816. The van der Waals surface area contributed by atoms with Gasteiger partial charge in [0.15, 0.2) is 0 Å². The lowest BCUT2D eigenvalue weighted by Gasteiger charge is -2.27. The molecule has 2 aliphatic rings. The summed E-state index contributed by atoms with van der Waals surface area (Å²) in [4.78, 5) is 11.2. The van der Waals surface area contributed by atoms with Crippen LogP contribution in [0.25, 0.3) is 0 Å². The molecule has 1 aliphatic heterocycles. The highest BCUT2D eigenvalue weighted by molar-refractivity contribution is 5.94. The Morgan fingerprint density at radius 3 is 2.57 bits per heavy atom. The summed E-state index contributed by atoms with van der Waals surface area (Å²) in [6.07, 6.45) is 10.1. The van der Waals surface area contributed by atoms with Crippen molar-refractivity contribution in [3.63, 3.8) is 0 Å². The summed E-state index contributed by atoms with van der Waals surface area (Å²) in [5.74, 6) is 0.406. The van der Waals surface area contributed by atoms with Crippen molar-refractivity contribution in [2.45, 2.75) is 26.8 Å². The van der Waals surface area contributed by atoms with Gasteiger partial charge in [-0.2, -0.15) is 0 Å². The fourth-order valence-corrected chi connectivity index (χ4v) is 1.56. The second kappa shape index (κ2) is 4.80. The van der Waals surface area contributed by atoms with Gasteiger partial charge in [-0.3, -0.25) is 4.79 Å². The third kappa shape index (κ3) is 2.13. The summed E-state index contributed by atoms with van der Waals surface area (Å²) in [6.45, 7) is 5.84. The Bertz CT molecular complexity index is 299. The van der Waals surface area contributed by atoms with Crippen molar-refractivity contribution in [2.24, 2.45) is 5.92 Å². The summed E-state index contributed by atoms with van der Waals surface area (Å²) in [7, 11) is 0. The van der Waals surface area contributed by atoms with Crippen LogP contribution in [0.1, 0.15) is 20.8 Å². The molecule has 1 heterocycles. The Hall–Kier alpha value is -1.31. The number of carbonyl (C=O) groups excluding carboxylic acids is 1. The maximum Gasteiger partial charge on any atom is 0.247 e. The number of nitrogens with one attached hydrogen (secondary N) is 1. The van der Waals surface area contributed by atoms with Gasteiger partial charge < -0.3 is 5.32 Å². The minimum atomic E-state index is 0.0520. The van der Waals surface area contributed by atoms with E-state index in [-0.39, 0.29) is 11.9 Å². The van der Waals surface area contributed by atoms with Crippen molar-refractivity contribution in [3.8, 4) is 0 Å². The molecule has 0 aromatic rings. The van der Waals surface area contributed by atoms with Gasteiger partial charge in [0.2, 0.25) is 5.91 Å². The lowest BCUT2D eigenvalue weighted by Crippen LogP contribution is -2.42. The summed E-state index contributed by atoms with van der Waals surface area (Å²) in [5, 5.41) is 2.92. The summed E-state index contributed by atoms with van der Waals surface area (Å²) >= 11 is 0. The number of allylic oxidation sites excluding steroid dienone is 2. The van der Waals surface area contributed by atoms with Crippen LogP contribution < -0.4 is 5.32 Å². The quantitative estimate of drug-likeness (QED) is 0.625. The average Bonchev–Trinajstić information content (AvgIpc) is 2.23. The molecule has 1 aliphatic carbocycles. The topological polar surface area (TPSA) is 29.1 Å². The molecular formula is C12H17NO. The van der Waals surface area contributed by atoms with Crippen LogP contribution in [0.3, 0.4) is 0 Å². The van der Waals surface area contributed by atoms with E-state index in [0.717, 1.165) is 5.57 Å². The number of fused-ring (bicyclic) bond motifs is 1. The molecule has 2 unspecified atom stereocenters. The van der Waals surface area contributed by atoms with Crippen molar-refractivity contribution < 1.29 is 4.79 Å². The van der Waals surface area contributed by atoms with E-state index in [1.165, 1.54) is 0 Å². The fraction of sp³-hybridized carbons (Fsp3) is 0.417. The average molecular weight is 191 g/mol. The van der Waals surface area contributed by atoms with Gasteiger partial charge in [0.05, 0.1) is 6.04 Å². The molecule has 0 aromatic heterocycles. The SMILES string of the molecule is CC.CC1=CC2C=CC=CC2NC1=O. The normalized spacial score (nSPS) is 28.2. The highest BCUT2D eigenvalue weighted by atomic mass is 16.1. The number of hydrogen-bond donors (Lipinski definition) is 1. The second-order valence-electron chi connectivity index (χ2n) is 3.20. The van der Waals surface area contributed by atoms with E-state index < -0.39 is 0 Å². The van der Waals surface area contributed by atoms with Crippen molar-refractivity contribution in [3.05, 3.63) is 36.0 Å². The molecule has 2 rings (SSSR count). The van der Waals surface area contributed by atoms with Crippen LogP contribution in [-0.4, -0.2) is 11.9 Å². The number of carbonyl (C=O) groups is 1. The van der Waals surface area contributed by atoms with Crippen LogP contribution in [0, 0.1) is 5.92 Å². The molecule has 76 valence electrons. The molecule has 0 radical (unpaired) electrons. The third-order valence-electron chi connectivity index (χ3n) is 2.28. The monoisotopic (exact) mass is 191 g/mol. The maximum atomic E-state index is 11.2.